The third kappa shape index (κ3) is 6.22. The first kappa shape index (κ1) is 19.0. The van der Waals surface area contributed by atoms with Gasteiger partial charge in [0.2, 0.25) is 0 Å². The molecule has 0 aromatic heterocycles. The van der Waals surface area contributed by atoms with E-state index in [2.05, 4.69) is 13.8 Å². The largest absolute Gasteiger partial charge is 1.00 e. The summed E-state index contributed by atoms with van der Waals surface area (Å²) in [6.45, 7) is 5.97. The fourth-order valence-electron chi connectivity index (χ4n) is 1.55. The van der Waals surface area contributed by atoms with Gasteiger partial charge in [0.05, 0.1) is 0 Å². The Labute approximate surface area is 125 Å². The normalized spacial score (nSPS) is 11.3. The average molecular weight is 246 g/mol. The Hall–Kier alpha value is -0.350. The van der Waals surface area contributed by atoms with Crippen LogP contribution in [0, 0.1) is 5.92 Å². The van der Waals surface area contributed by atoms with Crippen molar-refractivity contribution < 1.29 is 44.9 Å². The molecule has 0 heterocycles. The third-order valence-corrected chi connectivity index (χ3v) is 2.48. The van der Waals surface area contributed by atoms with Crippen molar-refractivity contribution in [3.05, 3.63) is 35.4 Å². The van der Waals surface area contributed by atoms with Gasteiger partial charge in [0.15, 0.2) is 0 Å². The maximum atomic E-state index is 10.7. The number of carbonyl (C=O) groups excluding carboxylic acids is 1. The number of hydrogen-bond donors (Lipinski definition) is 0. The predicted octanol–water partition coefficient (Wildman–Crippen LogP) is -2.08. The van der Waals surface area contributed by atoms with Crippen molar-refractivity contribution in [2.75, 3.05) is 0 Å². The van der Waals surface area contributed by atoms with E-state index in [4.69, 9.17) is 0 Å². The van der Waals surface area contributed by atoms with Gasteiger partial charge < -0.3 is 15.4 Å². The summed E-state index contributed by atoms with van der Waals surface area (Å²) in [6.07, 6.45) is 1.03. The van der Waals surface area contributed by atoms with E-state index in [1.54, 1.807) is 6.92 Å². The first-order chi connectivity index (χ1) is 7.00. The van der Waals surface area contributed by atoms with Crippen LogP contribution in [-0.2, 0) is 11.2 Å². The van der Waals surface area contributed by atoms with Crippen molar-refractivity contribution in [1.29, 1.82) is 0 Å². The molecule has 1 aromatic rings. The zero-order valence-electron chi connectivity index (χ0n) is 11.0. The Morgan fingerprint density at radius 3 is 2.00 bits per heavy atom. The summed E-state index contributed by atoms with van der Waals surface area (Å²) in [5, 5.41) is 10.7. The SMILES string of the molecule is CC(C)Cc1ccc(C(C)C(=O)[O-])cc1.O.[Na+]. The number of carbonyl (C=O) groups is 1. The topological polar surface area (TPSA) is 71.6 Å². The van der Waals surface area contributed by atoms with Gasteiger partial charge in [-0.25, -0.2) is 0 Å². The van der Waals surface area contributed by atoms with Crippen LogP contribution in [0.4, 0.5) is 0 Å². The van der Waals surface area contributed by atoms with E-state index in [0.717, 1.165) is 12.0 Å². The zero-order chi connectivity index (χ0) is 11.4. The Morgan fingerprint density at radius 1 is 1.18 bits per heavy atom. The van der Waals surface area contributed by atoms with Gasteiger partial charge in [-0.2, -0.15) is 0 Å². The molecule has 17 heavy (non-hydrogen) atoms. The van der Waals surface area contributed by atoms with Gasteiger partial charge >= 0.3 is 29.6 Å². The van der Waals surface area contributed by atoms with Crippen LogP contribution in [0.2, 0.25) is 0 Å². The van der Waals surface area contributed by atoms with E-state index in [1.165, 1.54) is 5.56 Å². The van der Waals surface area contributed by atoms with E-state index in [-0.39, 0.29) is 35.0 Å². The second kappa shape index (κ2) is 8.70. The Morgan fingerprint density at radius 2 is 1.65 bits per heavy atom. The van der Waals surface area contributed by atoms with Crippen molar-refractivity contribution >= 4 is 5.97 Å². The monoisotopic (exact) mass is 246 g/mol. The van der Waals surface area contributed by atoms with Gasteiger partial charge in [-0.15, -0.1) is 0 Å². The minimum Gasteiger partial charge on any atom is -0.550 e. The number of carboxylic acid groups (broad SMARTS) is 1. The zero-order valence-corrected chi connectivity index (χ0v) is 13.0. The molecule has 1 aromatic carbocycles. The fourth-order valence-corrected chi connectivity index (χ4v) is 1.55. The molecule has 0 saturated heterocycles. The van der Waals surface area contributed by atoms with Crippen LogP contribution >= 0.6 is 0 Å². The summed E-state index contributed by atoms with van der Waals surface area (Å²) in [7, 11) is 0. The van der Waals surface area contributed by atoms with Crippen LogP contribution in [-0.4, -0.2) is 11.4 Å². The number of aliphatic carboxylic acids is 1. The van der Waals surface area contributed by atoms with Crippen molar-refractivity contribution in [3.63, 3.8) is 0 Å². The Balaban J connectivity index is 0. The predicted molar refractivity (Wildman–Crippen MR) is 62.0 cm³/mol. The Bertz CT molecular complexity index is 333. The van der Waals surface area contributed by atoms with Crippen LogP contribution in [0.3, 0.4) is 0 Å². The summed E-state index contributed by atoms with van der Waals surface area (Å²) < 4.78 is 0. The summed E-state index contributed by atoms with van der Waals surface area (Å²) in [4.78, 5) is 10.7. The minimum atomic E-state index is -1.02. The molecule has 0 bridgehead atoms. The fraction of sp³-hybridized carbons (Fsp3) is 0.462. The van der Waals surface area contributed by atoms with Crippen molar-refractivity contribution in [1.82, 2.24) is 0 Å². The van der Waals surface area contributed by atoms with E-state index in [0.29, 0.717) is 5.92 Å². The van der Waals surface area contributed by atoms with Crippen molar-refractivity contribution in [3.8, 4) is 0 Å². The maximum Gasteiger partial charge on any atom is 1.00 e. The summed E-state index contributed by atoms with van der Waals surface area (Å²) in [6, 6.07) is 7.74. The van der Waals surface area contributed by atoms with Crippen LogP contribution in [0.5, 0.6) is 0 Å². The summed E-state index contributed by atoms with van der Waals surface area (Å²) in [5.41, 5.74) is 2.06. The molecule has 1 atom stereocenters. The molecule has 3 nitrogen and oxygen atoms in total. The molecular formula is C13H19NaO3. The van der Waals surface area contributed by atoms with E-state index < -0.39 is 11.9 Å². The van der Waals surface area contributed by atoms with Gasteiger partial charge in [-0.3, -0.25) is 0 Å². The van der Waals surface area contributed by atoms with Crippen LogP contribution in [0.25, 0.3) is 0 Å². The first-order valence-electron chi connectivity index (χ1n) is 5.30. The quantitative estimate of drug-likeness (QED) is 0.572. The molecule has 0 spiro atoms. The average Bonchev–Trinajstić information content (AvgIpc) is 2.17. The standard InChI is InChI=1S/C13H18O2.Na.H2O/c1-9(2)8-11-4-6-12(7-5-11)10(3)13(14)15;;/h4-7,9-10H,8H2,1-3H3,(H,14,15);;1H2/q;+1;/p-1. The van der Waals surface area contributed by atoms with Gasteiger partial charge in [0, 0.05) is 11.9 Å². The molecular weight excluding hydrogens is 227 g/mol. The molecule has 1 rings (SSSR count). The summed E-state index contributed by atoms with van der Waals surface area (Å²) >= 11 is 0. The molecule has 0 aliphatic heterocycles. The van der Waals surface area contributed by atoms with Crippen LogP contribution in [0.1, 0.15) is 37.8 Å². The third-order valence-electron chi connectivity index (χ3n) is 2.48. The molecule has 0 amide bonds. The van der Waals surface area contributed by atoms with E-state index in [9.17, 15) is 9.90 Å². The molecule has 0 aliphatic carbocycles. The van der Waals surface area contributed by atoms with Gasteiger partial charge in [0.1, 0.15) is 0 Å². The van der Waals surface area contributed by atoms with Gasteiger partial charge in [-0.05, 0) is 23.5 Å². The minimum absolute atomic E-state index is 0. The molecule has 4 heteroatoms. The van der Waals surface area contributed by atoms with Gasteiger partial charge in [0.25, 0.3) is 0 Å². The molecule has 90 valence electrons. The number of hydrogen-bond acceptors (Lipinski definition) is 2. The molecule has 2 N–H and O–H groups in total. The van der Waals surface area contributed by atoms with Gasteiger partial charge in [-0.1, -0.05) is 45.0 Å². The van der Waals surface area contributed by atoms with E-state index >= 15 is 0 Å². The Kier molecular flexibility index (Phi) is 9.72. The molecule has 0 saturated carbocycles. The molecule has 0 radical (unpaired) electrons. The van der Waals surface area contributed by atoms with Crippen LogP contribution in [0.15, 0.2) is 24.3 Å². The molecule has 0 aliphatic rings. The molecule has 1 unspecified atom stereocenters. The van der Waals surface area contributed by atoms with E-state index in [1.807, 2.05) is 24.3 Å². The maximum absolute atomic E-state index is 10.7. The van der Waals surface area contributed by atoms with Crippen molar-refractivity contribution in [2.24, 2.45) is 5.92 Å². The van der Waals surface area contributed by atoms with Crippen molar-refractivity contribution in [2.45, 2.75) is 33.1 Å². The second-order valence-electron chi connectivity index (χ2n) is 4.38. The van der Waals surface area contributed by atoms with Crippen LogP contribution < -0.4 is 34.7 Å². The smallest absolute Gasteiger partial charge is 0.550 e. The number of rotatable bonds is 4. The first-order valence-corrected chi connectivity index (χ1v) is 5.30. The molecule has 0 fully saturated rings. The second-order valence-corrected chi connectivity index (χ2v) is 4.38. The number of benzene rings is 1. The number of carboxylic acids is 1. The summed E-state index contributed by atoms with van der Waals surface area (Å²) in [5.74, 6) is -0.931.